The van der Waals surface area contributed by atoms with E-state index in [0.29, 0.717) is 31.0 Å². The van der Waals surface area contributed by atoms with Crippen LogP contribution in [-0.2, 0) is 9.53 Å². The van der Waals surface area contributed by atoms with Gasteiger partial charge < -0.3 is 9.64 Å². The number of hydrogen-bond donors (Lipinski definition) is 0. The molecule has 2 rings (SSSR count). The molecule has 2 fully saturated rings. The maximum atomic E-state index is 12.1. The van der Waals surface area contributed by atoms with Gasteiger partial charge in [0.1, 0.15) is 6.61 Å². The van der Waals surface area contributed by atoms with Gasteiger partial charge in [-0.05, 0) is 31.6 Å². The third-order valence-corrected chi connectivity index (χ3v) is 3.82. The monoisotopic (exact) mass is 235 g/mol. The summed E-state index contributed by atoms with van der Waals surface area (Å²) in [6.45, 7) is 2.87. The quantitative estimate of drug-likeness (QED) is 0.548. The Kier molecular flexibility index (Phi) is 4.44. The van der Waals surface area contributed by atoms with E-state index < -0.39 is 0 Å². The molecule has 0 aromatic rings. The number of carbonyl (C=O) groups excluding carboxylic acids is 1. The van der Waals surface area contributed by atoms with Crippen molar-refractivity contribution in [3.63, 3.8) is 0 Å². The molecular formula is C14H21NO2. The fourth-order valence-electron chi connectivity index (χ4n) is 2.60. The van der Waals surface area contributed by atoms with Crippen molar-refractivity contribution < 1.29 is 9.53 Å². The number of carbonyl (C=O) groups is 1. The first-order chi connectivity index (χ1) is 8.31. The summed E-state index contributed by atoms with van der Waals surface area (Å²) in [4.78, 5) is 14.1. The Balaban J connectivity index is 1.76. The van der Waals surface area contributed by atoms with Crippen molar-refractivity contribution in [2.45, 2.75) is 32.1 Å². The number of ether oxygens (including phenoxy) is 1. The zero-order valence-corrected chi connectivity index (χ0v) is 10.4. The molecule has 1 heterocycles. The SMILES string of the molecule is C#CCOCC1CCCN(C(=O)C2CCC2)C1. The fraction of sp³-hybridized carbons (Fsp3) is 0.786. The number of piperidine rings is 1. The van der Waals surface area contributed by atoms with Crippen LogP contribution in [0, 0.1) is 24.2 Å². The Labute approximate surface area is 104 Å². The van der Waals surface area contributed by atoms with Crippen LogP contribution in [0.15, 0.2) is 0 Å². The molecule has 1 saturated carbocycles. The predicted molar refractivity (Wildman–Crippen MR) is 66.3 cm³/mol. The summed E-state index contributed by atoms with van der Waals surface area (Å²) in [5.74, 6) is 3.64. The van der Waals surface area contributed by atoms with E-state index in [1.165, 1.54) is 6.42 Å². The van der Waals surface area contributed by atoms with Crippen LogP contribution in [0.3, 0.4) is 0 Å². The highest BCUT2D eigenvalue weighted by Crippen LogP contribution is 2.30. The maximum Gasteiger partial charge on any atom is 0.225 e. The molecule has 0 bridgehead atoms. The van der Waals surface area contributed by atoms with Gasteiger partial charge in [0.05, 0.1) is 6.61 Å². The molecule has 1 amide bonds. The van der Waals surface area contributed by atoms with Crippen LogP contribution in [0.25, 0.3) is 0 Å². The molecule has 3 nitrogen and oxygen atoms in total. The molecule has 1 unspecified atom stereocenters. The molecule has 1 aliphatic heterocycles. The van der Waals surface area contributed by atoms with Crippen LogP contribution in [0.2, 0.25) is 0 Å². The first-order valence-corrected chi connectivity index (χ1v) is 6.61. The minimum absolute atomic E-state index is 0.320. The van der Waals surface area contributed by atoms with Crippen molar-refractivity contribution >= 4 is 5.91 Å². The van der Waals surface area contributed by atoms with Gasteiger partial charge in [-0.2, -0.15) is 0 Å². The first kappa shape index (κ1) is 12.4. The lowest BCUT2D eigenvalue weighted by Crippen LogP contribution is -2.45. The van der Waals surface area contributed by atoms with Gasteiger partial charge in [0.25, 0.3) is 0 Å². The third-order valence-electron chi connectivity index (χ3n) is 3.82. The third kappa shape index (κ3) is 3.23. The van der Waals surface area contributed by atoms with Crippen LogP contribution in [0.5, 0.6) is 0 Å². The Morgan fingerprint density at radius 1 is 1.35 bits per heavy atom. The zero-order chi connectivity index (χ0) is 12.1. The second-order valence-electron chi connectivity index (χ2n) is 5.14. The van der Waals surface area contributed by atoms with E-state index in [9.17, 15) is 4.79 Å². The van der Waals surface area contributed by atoms with Crippen molar-refractivity contribution in [2.24, 2.45) is 11.8 Å². The van der Waals surface area contributed by atoms with E-state index >= 15 is 0 Å². The number of nitrogens with zero attached hydrogens (tertiary/aromatic N) is 1. The standard InChI is InChI=1S/C14H21NO2/c1-2-9-17-11-12-5-4-8-15(10-12)14(16)13-6-3-7-13/h1,12-13H,3-11H2. The van der Waals surface area contributed by atoms with Crippen molar-refractivity contribution in [3.8, 4) is 12.3 Å². The number of terminal acetylenes is 1. The van der Waals surface area contributed by atoms with Gasteiger partial charge in [-0.3, -0.25) is 4.79 Å². The fourth-order valence-corrected chi connectivity index (χ4v) is 2.60. The second kappa shape index (κ2) is 6.07. The summed E-state index contributed by atoms with van der Waals surface area (Å²) in [5.41, 5.74) is 0. The number of likely N-dealkylation sites (tertiary alicyclic amines) is 1. The van der Waals surface area contributed by atoms with Gasteiger partial charge in [0, 0.05) is 19.0 Å². The van der Waals surface area contributed by atoms with Gasteiger partial charge in [0.2, 0.25) is 5.91 Å². The molecule has 94 valence electrons. The number of amides is 1. The van der Waals surface area contributed by atoms with E-state index in [1.807, 2.05) is 4.90 Å². The van der Waals surface area contributed by atoms with Crippen LogP contribution >= 0.6 is 0 Å². The molecule has 1 saturated heterocycles. The molecule has 17 heavy (non-hydrogen) atoms. The molecule has 0 aromatic carbocycles. The van der Waals surface area contributed by atoms with Gasteiger partial charge in [0.15, 0.2) is 0 Å². The lowest BCUT2D eigenvalue weighted by molar-refractivity contribution is -0.140. The first-order valence-electron chi connectivity index (χ1n) is 6.61. The minimum atomic E-state index is 0.320. The van der Waals surface area contributed by atoms with Gasteiger partial charge in [-0.15, -0.1) is 6.42 Å². The average Bonchev–Trinajstić information content (AvgIpc) is 2.27. The van der Waals surface area contributed by atoms with Crippen molar-refractivity contribution in [2.75, 3.05) is 26.3 Å². The van der Waals surface area contributed by atoms with E-state index in [2.05, 4.69) is 5.92 Å². The molecule has 0 aromatic heterocycles. The van der Waals surface area contributed by atoms with E-state index in [-0.39, 0.29) is 0 Å². The minimum Gasteiger partial charge on any atom is -0.368 e. The van der Waals surface area contributed by atoms with E-state index in [4.69, 9.17) is 11.2 Å². The zero-order valence-electron chi connectivity index (χ0n) is 10.4. The average molecular weight is 235 g/mol. The van der Waals surface area contributed by atoms with Crippen LogP contribution < -0.4 is 0 Å². The largest absolute Gasteiger partial charge is 0.368 e. The van der Waals surface area contributed by atoms with Gasteiger partial charge in [-0.1, -0.05) is 12.3 Å². The lowest BCUT2D eigenvalue weighted by Gasteiger charge is -2.37. The van der Waals surface area contributed by atoms with Crippen molar-refractivity contribution in [1.82, 2.24) is 4.90 Å². The number of rotatable bonds is 4. The molecular weight excluding hydrogens is 214 g/mol. The highest BCUT2D eigenvalue weighted by atomic mass is 16.5. The van der Waals surface area contributed by atoms with Crippen molar-refractivity contribution in [3.05, 3.63) is 0 Å². The summed E-state index contributed by atoms with van der Waals surface area (Å²) >= 11 is 0. The summed E-state index contributed by atoms with van der Waals surface area (Å²) in [6.07, 6.45) is 10.8. The summed E-state index contributed by atoms with van der Waals surface area (Å²) < 4.78 is 5.38. The summed E-state index contributed by atoms with van der Waals surface area (Å²) in [5, 5.41) is 0. The summed E-state index contributed by atoms with van der Waals surface area (Å²) in [6, 6.07) is 0. The van der Waals surface area contributed by atoms with E-state index in [0.717, 1.165) is 38.8 Å². The Morgan fingerprint density at radius 2 is 2.18 bits per heavy atom. The van der Waals surface area contributed by atoms with Crippen LogP contribution in [-0.4, -0.2) is 37.1 Å². The smallest absolute Gasteiger partial charge is 0.225 e. The highest BCUT2D eigenvalue weighted by Gasteiger charge is 2.32. The van der Waals surface area contributed by atoms with Crippen LogP contribution in [0.1, 0.15) is 32.1 Å². The summed E-state index contributed by atoms with van der Waals surface area (Å²) in [7, 11) is 0. The number of hydrogen-bond acceptors (Lipinski definition) is 2. The molecule has 0 N–H and O–H groups in total. The maximum absolute atomic E-state index is 12.1. The predicted octanol–water partition coefficient (Wildman–Crippen LogP) is 1.67. The topological polar surface area (TPSA) is 29.5 Å². The molecule has 3 heteroatoms. The Bertz CT molecular complexity index is 304. The lowest BCUT2D eigenvalue weighted by atomic mass is 9.83. The molecule has 1 aliphatic carbocycles. The Morgan fingerprint density at radius 3 is 2.82 bits per heavy atom. The highest BCUT2D eigenvalue weighted by molar-refractivity contribution is 5.79. The second-order valence-corrected chi connectivity index (χ2v) is 5.14. The molecule has 0 spiro atoms. The molecule has 2 aliphatic rings. The van der Waals surface area contributed by atoms with Crippen molar-refractivity contribution in [1.29, 1.82) is 0 Å². The van der Waals surface area contributed by atoms with E-state index in [1.54, 1.807) is 0 Å². The van der Waals surface area contributed by atoms with Crippen LogP contribution in [0.4, 0.5) is 0 Å². The normalized spacial score (nSPS) is 25.1. The molecule has 1 atom stereocenters. The van der Waals surface area contributed by atoms with Gasteiger partial charge >= 0.3 is 0 Å². The molecule has 0 radical (unpaired) electrons. The van der Waals surface area contributed by atoms with Gasteiger partial charge in [-0.25, -0.2) is 0 Å². The Hall–Kier alpha value is -1.01.